The second-order valence-electron chi connectivity index (χ2n) is 8.91. The van der Waals surface area contributed by atoms with Gasteiger partial charge < -0.3 is 25.6 Å². The number of hydrogen-bond acceptors (Lipinski definition) is 6. The molecule has 1 aromatic carbocycles. The van der Waals surface area contributed by atoms with Crippen LogP contribution in [0.5, 0.6) is 0 Å². The predicted molar refractivity (Wildman–Crippen MR) is 129 cm³/mol. The second-order valence-corrected chi connectivity index (χ2v) is 8.91. The first-order chi connectivity index (χ1) is 17.4. The molecule has 5 rings (SSSR count). The number of nitrogens with two attached hydrogens (primary N) is 1. The Kier molecular flexibility index (Phi) is 5.86. The number of halogens is 1. The summed E-state index contributed by atoms with van der Waals surface area (Å²) in [5, 5.41) is 17.1. The summed E-state index contributed by atoms with van der Waals surface area (Å²) < 4.78 is 18.4. The van der Waals surface area contributed by atoms with Gasteiger partial charge in [0.15, 0.2) is 5.69 Å². The number of amides is 2. The minimum atomic E-state index is -0.762. The van der Waals surface area contributed by atoms with Crippen molar-refractivity contribution in [1.82, 2.24) is 24.2 Å². The molecule has 4 N–H and O–H groups in total. The van der Waals surface area contributed by atoms with E-state index in [9.17, 15) is 19.1 Å². The number of anilines is 1. The molecule has 10 nitrogen and oxygen atoms in total. The maximum absolute atomic E-state index is 14.9. The van der Waals surface area contributed by atoms with E-state index in [2.05, 4.69) is 33.2 Å². The zero-order valence-corrected chi connectivity index (χ0v) is 19.5. The number of fused-ring (bicyclic) bond motifs is 1. The Morgan fingerprint density at radius 2 is 2.08 bits per heavy atom. The van der Waals surface area contributed by atoms with Crippen LogP contribution in [0.15, 0.2) is 18.5 Å². The van der Waals surface area contributed by atoms with Gasteiger partial charge >= 0.3 is 0 Å². The van der Waals surface area contributed by atoms with Crippen LogP contribution in [-0.2, 0) is 4.79 Å². The highest BCUT2D eigenvalue weighted by molar-refractivity contribution is 6.00. The Balaban J connectivity index is 1.53. The van der Waals surface area contributed by atoms with Gasteiger partial charge in [0.2, 0.25) is 0 Å². The number of terminal acetylenes is 1. The summed E-state index contributed by atoms with van der Waals surface area (Å²) in [5.74, 6) is 6.12. The highest BCUT2D eigenvalue weighted by Crippen LogP contribution is 2.37. The molecule has 1 saturated heterocycles. The minimum Gasteiger partial charge on any atom is -0.394 e. The molecular formula is C25H24FN7O3. The summed E-state index contributed by atoms with van der Waals surface area (Å²) in [5.41, 5.74) is 7.22. The second kappa shape index (κ2) is 9.02. The zero-order valence-electron chi connectivity index (χ0n) is 19.5. The molecule has 36 heavy (non-hydrogen) atoms. The molecule has 2 aliphatic rings. The lowest BCUT2D eigenvalue weighted by molar-refractivity contribution is -0.126. The zero-order chi connectivity index (χ0) is 25.6. The number of nitrogens with zero attached hydrogens (tertiary/aromatic N) is 5. The topological polar surface area (TPSA) is 131 Å². The van der Waals surface area contributed by atoms with Crippen molar-refractivity contribution in [2.45, 2.75) is 37.4 Å². The number of rotatable bonds is 5. The molecule has 2 amide bonds. The van der Waals surface area contributed by atoms with Gasteiger partial charge in [0, 0.05) is 25.7 Å². The normalized spacial score (nSPS) is 19.1. The van der Waals surface area contributed by atoms with Crippen molar-refractivity contribution in [3.05, 3.63) is 41.1 Å². The van der Waals surface area contributed by atoms with Gasteiger partial charge in [-0.3, -0.25) is 9.59 Å². The van der Waals surface area contributed by atoms with E-state index in [-0.39, 0.29) is 30.0 Å². The molecule has 184 valence electrons. The lowest BCUT2D eigenvalue weighted by Gasteiger charge is -2.19. The average Bonchev–Trinajstić information content (AvgIpc) is 3.32. The van der Waals surface area contributed by atoms with E-state index in [1.165, 1.54) is 15.6 Å². The summed E-state index contributed by atoms with van der Waals surface area (Å²) in [6, 6.07) is 2.47. The smallest absolute Gasteiger partial charge is 0.298 e. The largest absolute Gasteiger partial charge is 0.394 e. The van der Waals surface area contributed by atoms with Crippen LogP contribution >= 0.6 is 0 Å². The lowest BCUT2D eigenvalue weighted by atomic mass is 10.1. The van der Waals surface area contributed by atoms with Crippen LogP contribution < -0.4 is 11.1 Å². The van der Waals surface area contributed by atoms with Crippen LogP contribution in [0.25, 0.3) is 11.0 Å². The number of aromatic nitrogens is 4. The highest BCUT2D eigenvalue weighted by Gasteiger charge is 2.37. The van der Waals surface area contributed by atoms with Crippen molar-refractivity contribution in [3.63, 3.8) is 0 Å². The third-order valence-corrected chi connectivity index (χ3v) is 6.65. The first kappa shape index (κ1) is 23.4. The predicted octanol–water partition coefficient (Wildman–Crippen LogP) is 1.01. The molecule has 1 saturated carbocycles. The van der Waals surface area contributed by atoms with Crippen molar-refractivity contribution in [2.24, 2.45) is 5.73 Å². The number of carbonyl (C=O) groups is 2. The first-order valence-electron chi connectivity index (χ1n) is 11.5. The van der Waals surface area contributed by atoms with E-state index < -0.39 is 29.7 Å². The number of aliphatic hydroxyl groups excluding tert-OH is 1. The standard InChI is InChI=1S/C25H24FN7O3/c1-3-22(35)31-11-16(9-17(31)12-34)33-25(28-2)23(24(27)36)19(30-33)7-4-14-8-20-21(10-18(14)26)32(13-29-20)15-5-6-15/h1,8,10,13,15-17,28,34H,5-6,9,11-12H2,2H3,(H2,27,36)/t16-,17+/m0/s1. The third kappa shape index (κ3) is 3.93. The van der Waals surface area contributed by atoms with E-state index in [1.54, 1.807) is 19.4 Å². The summed E-state index contributed by atoms with van der Waals surface area (Å²) >= 11 is 0. The molecule has 0 spiro atoms. The fourth-order valence-electron chi connectivity index (χ4n) is 4.75. The quantitative estimate of drug-likeness (QED) is 0.459. The molecule has 2 atom stereocenters. The number of benzene rings is 1. The number of likely N-dealkylation sites (tertiary alicyclic amines) is 1. The van der Waals surface area contributed by atoms with Crippen molar-refractivity contribution in [3.8, 4) is 24.2 Å². The van der Waals surface area contributed by atoms with Crippen molar-refractivity contribution >= 4 is 28.7 Å². The van der Waals surface area contributed by atoms with E-state index in [0.717, 1.165) is 12.8 Å². The van der Waals surface area contributed by atoms with Crippen molar-refractivity contribution < 1.29 is 19.1 Å². The molecule has 1 aliphatic carbocycles. The summed E-state index contributed by atoms with van der Waals surface area (Å²) in [6.07, 6.45) is 9.44. The molecule has 1 aliphatic heterocycles. The fourth-order valence-corrected chi connectivity index (χ4v) is 4.75. The number of hydrogen-bond donors (Lipinski definition) is 3. The molecule has 11 heteroatoms. The Hall–Kier alpha value is -4.35. The first-order valence-corrected chi connectivity index (χ1v) is 11.5. The molecule has 2 fully saturated rings. The van der Waals surface area contributed by atoms with Gasteiger partial charge in [-0.05, 0) is 37.2 Å². The molecular weight excluding hydrogens is 465 g/mol. The molecule has 3 heterocycles. The summed E-state index contributed by atoms with van der Waals surface area (Å²) in [6.45, 7) is -0.0850. The molecule has 0 bridgehead atoms. The van der Waals surface area contributed by atoms with Crippen LogP contribution in [-0.4, -0.2) is 67.4 Å². The maximum Gasteiger partial charge on any atom is 0.298 e. The van der Waals surface area contributed by atoms with Crippen molar-refractivity contribution in [2.75, 3.05) is 25.5 Å². The number of nitrogens with one attached hydrogen (secondary N) is 1. The van der Waals surface area contributed by atoms with Crippen LogP contribution in [0.1, 0.15) is 53.0 Å². The van der Waals surface area contributed by atoms with E-state index in [0.29, 0.717) is 29.3 Å². The molecule has 0 radical (unpaired) electrons. The number of primary amides is 1. The van der Waals surface area contributed by atoms with Crippen LogP contribution in [0.2, 0.25) is 0 Å². The number of imidazole rings is 1. The Morgan fingerprint density at radius 3 is 2.72 bits per heavy atom. The summed E-state index contributed by atoms with van der Waals surface area (Å²) in [4.78, 5) is 30.2. The maximum atomic E-state index is 14.9. The lowest BCUT2D eigenvalue weighted by Crippen LogP contribution is -2.36. The number of carbonyl (C=O) groups excluding carboxylic acids is 2. The van der Waals surface area contributed by atoms with Gasteiger partial charge in [0.25, 0.3) is 11.8 Å². The van der Waals surface area contributed by atoms with Gasteiger partial charge in [-0.2, -0.15) is 5.10 Å². The molecule has 2 aromatic heterocycles. The van der Waals surface area contributed by atoms with Gasteiger partial charge in [-0.25, -0.2) is 14.1 Å². The number of aliphatic hydroxyl groups is 1. The monoisotopic (exact) mass is 489 g/mol. The van der Waals surface area contributed by atoms with Gasteiger partial charge in [0.05, 0.1) is 41.6 Å². The Morgan fingerprint density at radius 1 is 1.31 bits per heavy atom. The fraction of sp³-hybridized carbons (Fsp3) is 0.360. The van der Waals surface area contributed by atoms with Gasteiger partial charge in [-0.15, -0.1) is 6.42 Å². The third-order valence-electron chi connectivity index (χ3n) is 6.65. The minimum absolute atomic E-state index is 0.0479. The van der Waals surface area contributed by atoms with Crippen LogP contribution in [0, 0.1) is 30.0 Å². The Bertz CT molecular complexity index is 1490. The Labute approximate surface area is 206 Å². The van der Waals surface area contributed by atoms with E-state index >= 15 is 0 Å². The van der Waals surface area contributed by atoms with Crippen LogP contribution in [0.3, 0.4) is 0 Å². The van der Waals surface area contributed by atoms with Crippen molar-refractivity contribution in [1.29, 1.82) is 0 Å². The van der Waals surface area contributed by atoms with Crippen LogP contribution in [0.4, 0.5) is 10.2 Å². The van der Waals surface area contributed by atoms with E-state index in [1.807, 2.05) is 4.57 Å². The molecule has 3 aromatic rings. The van der Waals surface area contributed by atoms with Gasteiger partial charge in [-0.1, -0.05) is 5.92 Å². The van der Waals surface area contributed by atoms with E-state index in [4.69, 9.17) is 12.2 Å². The SMILES string of the molecule is C#CC(=O)N1C[C@@H](n2nc(C#Cc3cc4ncn(C5CC5)c4cc3F)c(C(N)=O)c2NC)C[C@@H]1CO. The highest BCUT2D eigenvalue weighted by atomic mass is 19.1. The summed E-state index contributed by atoms with van der Waals surface area (Å²) in [7, 11) is 1.60. The van der Waals surface area contributed by atoms with Gasteiger partial charge in [0.1, 0.15) is 17.2 Å². The molecule has 0 unspecified atom stereocenters. The average molecular weight is 490 g/mol.